The Morgan fingerprint density at radius 1 is 1.40 bits per heavy atom. The maximum Gasteiger partial charge on any atom is 0.303 e. The molecule has 0 unspecified atom stereocenters. The lowest BCUT2D eigenvalue weighted by molar-refractivity contribution is -0.136. The molecule has 0 amide bonds. The smallest absolute Gasteiger partial charge is 0.303 e. The summed E-state index contributed by atoms with van der Waals surface area (Å²) in [5.41, 5.74) is 1.24. The molecule has 0 aliphatic heterocycles. The first-order valence-corrected chi connectivity index (χ1v) is 9.64. The van der Waals surface area contributed by atoms with Crippen molar-refractivity contribution in [1.82, 2.24) is 0 Å². The highest BCUT2D eigenvalue weighted by molar-refractivity contribution is 5.66. The van der Waals surface area contributed by atoms with Crippen molar-refractivity contribution >= 4 is 5.97 Å². The molecule has 25 heavy (non-hydrogen) atoms. The second kappa shape index (κ2) is 9.93. The van der Waals surface area contributed by atoms with Gasteiger partial charge in [0.15, 0.2) is 0 Å². The van der Waals surface area contributed by atoms with Gasteiger partial charge in [-0.15, -0.1) is 0 Å². The van der Waals surface area contributed by atoms with Crippen molar-refractivity contribution in [3.8, 4) is 0 Å². The third kappa shape index (κ3) is 6.12. The van der Waals surface area contributed by atoms with Crippen LogP contribution in [-0.4, -0.2) is 33.5 Å². The normalized spacial score (nSPS) is 30.1. The topological polar surface area (TPSA) is 77.8 Å². The molecule has 0 heterocycles. The van der Waals surface area contributed by atoms with Crippen LogP contribution in [0.1, 0.15) is 58.3 Å². The van der Waals surface area contributed by atoms with E-state index < -0.39 is 12.1 Å². The van der Waals surface area contributed by atoms with Crippen LogP contribution < -0.4 is 0 Å². The number of unbranched alkanes of at least 4 members (excludes halogenated alkanes) is 2. The Morgan fingerprint density at radius 2 is 2.20 bits per heavy atom. The van der Waals surface area contributed by atoms with E-state index in [4.69, 9.17) is 5.11 Å². The van der Waals surface area contributed by atoms with Crippen molar-refractivity contribution in [2.75, 3.05) is 0 Å². The zero-order valence-electron chi connectivity index (χ0n) is 15.2. The van der Waals surface area contributed by atoms with Crippen LogP contribution in [0.4, 0.5) is 0 Å². The first-order chi connectivity index (χ1) is 12.0. The second-order valence-corrected chi connectivity index (χ2v) is 7.44. The van der Waals surface area contributed by atoms with Crippen LogP contribution in [0.2, 0.25) is 0 Å². The molecule has 0 bridgehead atoms. The van der Waals surface area contributed by atoms with Gasteiger partial charge in [-0.25, -0.2) is 0 Å². The standard InChI is InChI=1S/C21H32O4/c1-2-3-4-8-17(22)10-11-18-19-13-15(7-5-6-9-21(24)25)12-16(19)14-20(18)23/h5,7,10-12,16-20,22-23H,2-4,6,8-9,13-14H2,1H3,(H,24,25)/b7-5-,11-10+/t16-,17-,18+,19-,20+/m0/s1. The minimum Gasteiger partial charge on any atom is -0.481 e. The largest absolute Gasteiger partial charge is 0.481 e. The lowest BCUT2D eigenvalue weighted by Crippen LogP contribution is -2.17. The van der Waals surface area contributed by atoms with Gasteiger partial charge in [0.25, 0.3) is 0 Å². The highest BCUT2D eigenvalue weighted by Gasteiger charge is 2.42. The Morgan fingerprint density at radius 3 is 2.92 bits per heavy atom. The van der Waals surface area contributed by atoms with E-state index in [0.717, 1.165) is 38.5 Å². The number of carbonyl (C=O) groups is 1. The summed E-state index contributed by atoms with van der Waals surface area (Å²) in [7, 11) is 0. The fraction of sp³-hybridized carbons (Fsp3) is 0.667. The van der Waals surface area contributed by atoms with Crippen molar-refractivity contribution in [2.24, 2.45) is 17.8 Å². The first-order valence-electron chi connectivity index (χ1n) is 9.64. The fourth-order valence-corrected chi connectivity index (χ4v) is 4.07. The lowest BCUT2D eigenvalue weighted by atomic mass is 9.89. The number of carboxylic acid groups (broad SMARTS) is 1. The van der Waals surface area contributed by atoms with Gasteiger partial charge in [0.1, 0.15) is 0 Å². The SMILES string of the molecule is CCCCC[C@H](O)/C=C/[C@@H]1[C@H]2CC(/C=C\CCC(=O)O)=C[C@H]2C[C@H]1O. The van der Waals surface area contributed by atoms with Crippen LogP contribution in [0.25, 0.3) is 0 Å². The van der Waals surface area contributed by atoms with Gasteiger partial charge in [0.05, 0.1) is 12.2 Å². The van der Waals surface area contributed by atoms with Crippen molar-refractivity contribution in [2.45, 2.75) is 70.5 Å². The molecule has 140 valence electrons. The zero-order valence-corrected chi connectivity index (χ0v) is 15.2. The second-order valence-electron chi connectivity index (χ2n) is 7.44. The summed E-state index contributed by atoms with van der Waals surface area (Å²) < 4.78 is 0. The molecule has 0 radical (unpaired) electrons. The lowest BCUT2D eigenvalue weighted by Gasteiger charge is -2.18. The van der Waals surface area contributed by atoms with Crippen molar-refractivity contribution in [1.29, 1.82) is 0 Å². The molecule has 0 aromatic rings. The number of carboxylic acids is 1. The summed E-state index contributed by atoms with van der Waals surface area (Å²) in [6.45, 7) is 2.15. The molecular weight excluding hydrogens is 316 g/mol. The van der Waals surface area contributed by atoms with Crippen molar-refractivity contribution in [3.63, 3.8) is 0 Å². The number of aliphatic hydroxyl groups excluding tert-OH is 2. The maximum atomic E-state index is 10.5. The molecule has 0 spiro atoms. The van der Waals surface area contributed by atoms with Crippen LogP contribution in [0.3, 0.4) is 0 Å². The van der Waals surface area contributed by atoms with Crippen LogP contribution in [0.15, 0.2) is 36.0 Å². The van der Waals surface area contributed by atoms with E-state index in [1.54, 1.807) is 0 Å². The zero-order chi connectivity index (χ0) is 18.2. The van der Waals surface area contributed by atoms with Crippen LogP contribution in [0, 0.1) is 17.8 Å². The maximum absolute atomic E-state index is 10.5. The van der Waals surface area contributed by atoms with Gasteiger partial charge in [-0.2, -0.15) is 0 Å². The first kappa shape index (κ1) is 19.9. The molecule has 0 aromatic heterocycles. The van der Waals surface area contributed by atoms with Crippen LogP contribution in [-0.2, 0) is 4.79 Å². The predicted molar refractivity (Wildman–Crippen MR) is 99.1 cm³/mol. The number of allylic oxidation sites excluding steroid dienone is 4. The monoisotopic (exact) mass is 348 g/mol. The summed E-state index contributed by atoms with van der Waals surface area (Å²) in [4.78, 5) is 10.5. The number of fused-ring (bicyclic) bond motifs is 1. The molecule has 0 saturated heterocycles. The van der Waals surface area contributed by atoms with E-state index in [2.05, 4.69) is 13.0 Å². The average Bonchev–Trinajstić information content (AvgIpc) is 3.06. The molecule has 2 rings (SSSR count). The van der Waals surface area contributed by atoms with Crippen molar-refractivity contribution < 1.29 is 20.1 Å². The molecule has 1 saturated carbocycles. The molecule has 1 fully saturated rings. The predicted octanol–water partition coefficient (Wildman–Crippen LogP) is 3.85. The third-order valence-corrected chi connectivity index (χ3v) is 5.42. The molecule has 5 atom stereocenters. The van der Waals surface area contributed by atoms with E-state index in [1.165, 1.54) is 5.57 Å². The Labute approximate surface area is 151 Å². The van der Waals surface area contributed by atoms with Gasteiger partial charge < -0.3 is 15.3 Å². The Hall–Kier alpha value is -1.39. The van der Waals surface area contributed by atoms with Gasteiger partial charge in [-0.3, -0.25) is 4.79 Å². The minimum atomic E-state index is -0.771. The van der Waals surface area contributed by atoms with Crippen LogP contribution >= 0.6 is 0 Å². The number of hydrogen-bond acceptors (Lipinski definition) is 3. The minimum absolute atomic E-state index is 0.104. The Balaban J connectivity index is 1.84. The number of rotatable bonds is 10. The van der Waals surface area contributed by atoms with Gasteiger partial charge in [-0.1, -0.05) is 62.1 Å². The molecule has 3 N–H and O–H groups in total. The molecule has 4 nitrogen and oxygen atoms in total. The summed E-state index contributed by atoms with van der Waals surface area (Å²) in [6, 6.07) is 0. The van der Waals surface area contributed by atoms with E-state index in [9.17, 15) is 15.0 Å². The summed E-state index contributed by atoms with van der Waals surface area (Å²) in [6.07, 6.45) is 15.9. The van der Waals surface area contributed by atoms with Gasteiger partial charge in [-0.05, 0) is 37.5 Å². The van der Waals surface area contributed by atoms with E-state index >= 15 is 0 Å². The number of aliphatic carboxylic acids is 1. The van der Waals surface area contributed by atoms with Gasteiger partial charge in [0.2, 0.25) is 0 Å². The number of aliphatic hydroxyl groups is 2. The third-order valence-electron chi connectivity index (χ3n) is 5.42. The van der Waals surface area contributed by atoms with Gasteiger partial charge >= 0.3 is 5.97 Å². The van der Waals surface area contributed by atoms with E-state index in [0.29, 0.717) is 18.3 Å². The molecular formula is C21H32O4. The Bertz CT molecular complexity index is 520. The average molecular weight is 348 g/mol. The van der Waals surface area contributed by atoms with E-state index in [1.807, 2.05) is 24.3 Å². The fourth-order valence-electron chi connectivity index (χ4n) is 4.07. The molecule has 0 aromatic carbocycles. The summed E-state index contributed by atoms with van der Waals surface area (Å²) >= 11 is 0. The summed E-state index contributed by atoms with van der Waals surface area (Å²) in [5, 5.41) is 29.1. The molecule has 2 aliphatic rings. The van der Waals surface area contributed by atoms with Crippen molar-refractivity contribution in [3.05, 3.63) is 36.0 Å². The van der Waals surface area contributed by atoms with E-state index in [-0.39, 0.29) is 18.4 Å². The van der Waals surface area contributed by atoms with Crippen LogP contribution in [0.5, 0.6) is 0 Å². The molecule has 2 aliphatic carbocycles. The molecule has 4 heteroatoms. The van der Waals surface area contributed by atoms with Gasteiger partial charge in [0, 0.05) is 12.3 Å². The quantitative estimate of drug-likeness (QED) is 0.414. The summed E-state index contributed by atoms with van der Waals surface area (Å²) in [5.74, 6) is 0.119. The highest BCUT2D eigenvalue weighted by Crippen LogP contribution is 2.47. The highest BCUT2D eigenvalue weighted by atomic mass is 16.4. The Kier molecular flexibility index (Phi) is 7.91. The number of hydrogen-bond donors (Lipinski definition) is 3.